The lowest BCUT2D eigenvalue weighted by atomic mass is 10.00. The SMILES string of the molecule is c1ccc(-c2nc(-c3ccc(-c4ccc5ccccc5c4)cc3)nc(-c3cccc4c(-n5c6ccccc6c6c7cccc8c7n(c65)-c5ccccc5S8)cccc34)n2)cc1. The van der Waals surface area contributed by atoms with Crippen molar-refractivity contribution in [1.29, 1.82) is 0 Å². The van der Waals surface area contributed by atoms with Crippen molar-refractivity contribution in [2.24, 2.45) is 0 Å². The molecule has 0 aliphatic carbocycles. The van der Waals surface area contributed by atoms with E-state index in [0.717, 1.165) is 49.9 Å². The molecule has 5 nitrogen and oxygen atoms in total. The molecule has 0 amide bonds. The van der Waals surface area contributed by atoms with Gasteiger partial charge in [-0.25, -0.2) is 15.0 Å². The molecule has 0 saturated carbocycles. The minimum Gasteiger partial charge on any atom is -0.294 e. The van der Waals surface area contributed by atoms with Crippen LogP contribution >= 0.6 is 11.8 Å². The van der Waals surface area contributed by atoms with Crippen molar-refractivity contribution in [2.45, 2.75) is 9.79 Å². The quantitative estimate of drug-likeness (QED) is 0.174. The van der Waals surface area contributed by atoms with Gasteiger partial charge in [0.1, 0.15) is 5.65 Å². The minimum absolute atomic E-state index is 0.631. The van der Waals surface area contributed by atoms with Crippen LogP contribution in [0.5, 0.6) is 0 Å². The molecule has 13 rings (SSSR count). The first-order valence-electron chi connectivity index (χ1n) is 20.5. The van der Waals surface area contributed by atoms with Crippen molar-refractivity contribution >= 4 is 66.1 Å². The number of aromatic nitrogens is 5. The van der Waals surface area contributed by atoms with Crippen LogP contribution in [-0.2, 0) is 0 Å². The van der Waals surface area contributed by atoms with Gasteiger partial charge in [-0.3, -0.25) is 9.13 Å². The monoisotopic (exact) mass is 795 g/mol. The van der Waals surface area contributed by atoms with Crippen LogP contribution in [0, 0.1) is 0 Å². The molecule has 0 fully saturated rings. The van der Waals surface area contributed by atoms with Gasteiger partial charge in [-0.15, -0.1) is 0 Å². The van der Waals surface area contributed by atoms with Crippen LogP contribution in [-0.4, -0.2) is 24.1 Å². The fraction of sp³-hybridized carbons (Fsp3) is 0. The zero-order valence-electron chi connectivity index (χ0n) is 32.7. The van der Waals surface area contributed by atoms with E-state index in [4.69, 9.17) is 15.0 Å². The van der Waals surface area contributed by atoms with Crippen molar-refractivity contribution in [3.8, 4) is 56.7 Å². The third-order valence-electron chi connectivity index (χ3n) is 12.2. The van der Waals surface area contributed by atoms with Crippen LogP contribution in [0.2, 0.25) is 0 Å². The predicted octanol–water partition coefficient (Wildman–Crippen LogP) is 14.4. The van der Waals surface area contributed by atoms with E-state index in [2.05, 4.69) is 191 Å². The van der Waals surface area contributed by atoms with Gasteiger partial charge in [0.25, 0.3) is 0 Å². The topological polar surface area (TPSA) is 48.5 Å². The van der Waals surface area contributed by atoms with Gasteiger partial charge in [0.05, 0.1) is 22.4 Å². The van der Waals surface area contributed by atoms with Gasteiger partial charge in [-0.05, 0) is 63.7 Å². The molecular formula is C55H33N5S. The van der Waals surface area contributed by atoms with E-state index < -0.39 is 0 Å². The van der Waals surface area contributed by atoms with Crippen molar-refractivity contribution in [2.75, 3.05) is 0 Å². The highest BCUT2D eigenvalue weighted by Crippen LogP contribution is 2.50. The van der Waals surface area contributed by atoms with E-state index in [-0.39, 0.29) is 0 Å². The Morgan fingerprint density at radius 2 is 0.967 bits per heavy atom. The molecule has 0 saturated heterocycles. The van der Waals surface area contributed by atoms with Crippen LogP contribution in [0.15, 0.2) is 210 Å². The smallest absolute Gasteiger partial charge is 0.164 e. The normalized spacial score (nSPS) is 12.2. The maximum Gasteiger partial charge on any atom is 0.164 e. The molecule has 0 unspecified atom stereocenters. The van der Waals surface area contributed by atoms with Crippen LogP contribution in [0.25, 0.3) is 111 Å². The molecule has 61 heavy (non-hydrogen) atoms. The summed E-state index contributed by atoms with van der Waals surface area (Å²) >= 11 is 1.85. The Bertz CT molecular complexity index is 3730. The molecule has 12 aromatic rings. The van der Waals surface area contributed by atoms with Crippen molar-refractivity contribution in [3.05, 3.63) is 200 Å². The molecular weight excluding hydrogens is 763 g/mol. The Morgan fingerprint density at radius 1 is 0.361 bits per heavy atom. The zero-order chi connectivity index (χ0) is 40.0. The van der Waals surface area contributed by atoms with E-state index in [9.17, 15) is 0 Å². The molecule has 0 radical (unpaired) electrons. The average molecular weight is 796 g/mol. The van der Waals surface area contributed by atoms with Crippen molar-refractivity contribution in [1.82, 2.24) is 24.1 Å². The predicted molar refractivity (Wildman–Crippen MR) is 252 cm³/mol. The molecule has 3 aromatic heterocycles. The van der Waals surface area contributed by atoms with Crippen LogP contribution in [0.4, 0.5) is 0 Å². The first kappa shape index (κ1) is 34.1. The van der Waals surface area contributed by atoms with Gasteiger partial charge < -0.3 is 0 Å². The number of rotatable bonds is 5. The Morgan fingerprint density at radius 3 is 1.85 bits per heavy atom. The fourth-order valence-electron chi connectivity index (χ4n) is 9.38. The summed E-state index contributed by atoms with van der Waals surface area (Å²) in [5, 5.41) is 8.40. The maximum absolute atomic E-state index is 5.25. The van der Waals surface area contributed by atoms with Crippen LogP contribution in [0.3, 0.4) is 0 Å². The van der Waals surface area contributed by atoms with E-state index in [0.29, 0.717) is 17.5 Å². The number of fused-ring (bicyclic) bond motifs is 9. The summed E-state index contributed by atoms with van der Waals surface area (Å²) in [6.45, 7) is 0. The van der Waals surface area contributed by atoms with Gasteiger partial charge in [0.15, 0.2) is 17.5 Å². The lowest BCUT2D eigenvalue weighted by molar-refractivity contribution is 1.03. The molecule has 284 valence electrons. The second kappa shape index (κ2) is 13.4. The summed E-state index contributed by atoms with van der Waals surface area (Å²) < 4.78 is 4.96. The Labute approximate surface area is 355 Å². The van der Waals surface area contributed by atoms with Gasteiger partial charge >= 0.3 is 0 Å². The molecule has 0 N–H and O–H groups in total. The fourth-order valence-corrected chi connectivity index (χ4v) is 10.5. The second-order valence-electron chi connectivity index (χ2n) is 15.6. The highest BCUT2D eigenvalue weighted by atomic mass is 32.2. The van der Waals surface area contributed by atoms with E-state index in [1.165, 1.54) is 53.5 Å². The lowest BCUT2D eigenvalue weighted by Gasteiger charge is -2.21. The molecule has 1 aliphatic heterocycles. The molecule has 9 aromatic carbocycles. The Kier molecular flexibility index (Phi) is 7.47. The average Bonchev–Trinajstić information content (AvgIpc) is 3.85. The summed E-state index contributed by atoms with van der Waals surface area (Å²) in [4.78, 5) is 18.1. The van der Waals surface area contributed by atoms with E-state index in [1.54, 1.807) is 0 Å². The molecule has 0 atom stereocenters. The van der Waals surface area contributed by atoms with E-state index in [1.807, 2.05) is 30.0 Å². The number of benzene rings is 9. The highest BCUT2D eigenvalue weighted by Gasteiger charge is 2.28. The highest BCUT2D eigenvalue weighted by molar-refractivity contribution is 7.99. The molecule has 0 spiro atoms. The summed E-state index contributed by atoms with van der Waals surface area (Å²) in [5.74, 6) is 1.90. The van der Waals surface area contributed by atoms with Crippen molar-refractivity contribution < 1.29 is 0 Å². The maximum atomic E-state index is 5.25. The second-order valence-corrected chi connectivity index (χ2v) is 16.7. The minimum atomic E-state index is 0.631. The van der Waals surface area contributed by atoms with Crippen LogP contribution in [0.1, 0.15) is 0 Å². The standard InChI is InChI=1S/C55H33N5S/c1-2-14-36(15-3-1)52-56-53(37-30-27-35(28-31-37)39-32-29-34-13-4-5-16-38(34)33-39)58-54(57-52)42-20-10-19-41-40(42)18-11-24-45(41)59-46-22-7-6-17-43(46)50-44-21-12-26-49-51(44)60(55(50)59)47-23-8-9-25-48(47)61-49/h1-33H. The Hall–Kier alpha value is -7.80. The third-order valence-corrected chi connectivity index (χ3v) is 13.3. The molecule has 0 bridgehead atoms. The first-order chi connectivity index (χ1) is 30.2. The third kappa shape index (κ3) is 5.26. The molecule has 1 aliphatic rings. The molecule has 4 heterocycles. The zero-order valence-corrected chi connectivity index (χ0v) is 33.5. The first-order valence-corrected chi connectivity index (χ1v) is 21.3. The van der Waals surface area contributed by atoms with E-state index >= 15 is 0 Å². The molecule has 6 heteroatoms. The summed E-state index contributed by atoms with van der Waals surface area (Å²) in [6.07, 6.45) is 0. The van der Waals surface area contributed by atoms with Crippen LogP contribution < -0.4 is 0 Å². The van der Waals surface area contributed by atoms with Gasteiger partial charge in [-0.2, -0.15) is 0 Å². The summed E-state index contributed by atoms with van der Waals surface area (Å²) in [6, 6.07) is 71.3. The van der Waals surface area contributed by atoms with Gasteiger partial charge in [0, 0.05) is 48.0 Å². The number of hydrogen-bond donors (Lipinski definition) is 0. The summed E-state index contributed by atoms with van der Waals surface area (Å²) in [7, 11) is 0. The number of hydrogen-bond acceptors (Lipinski definition) is 4. The number of nitrogens with zero attached hydrogens (tertiary/aromatic N) is 5. The largest absolute Gasteiger partial charge is 0.294 e. The van der Waals surface area contributed by atoms with Crippen molar-refractivity contribution in [3.63, 3.8) is 0 Å². The lowest BCUT2D eigenvalue weighted by Crippen LogP contribution is -2.06. The van der Waals surface area contributed by atoms with Gasteiger partial charge in [0.2, 0.25) is 0 Å². The summed E-state index contributed by atoms with van der Waals surface area (Å²) in [5.41, 5.74) is 11.0. The Balaban J connectivity index is 1.01. The number of para-hydroxylation sites is 3. The van der Waals surface area contributed by atoms with Gasteiger partial charge in [-0.1, -0.05) is 176 Å².